The number of rotatable bonds is 8. The number of anilines is 2. The maximum Gasteiger partial charge on any atom is 0.303 e. The Labute approximate surface area is 170 Å². The van der Waals surface area contributed by atoms with E-state index in [4.69, 9.17) is 15.8 Å². The predicted octanol–water partition coefficient (Wildman–Crippen LogP) is 2.90. The Morgan fingerprint density at radius 2 is 1.93 bits per heavy atom. The van der Waals surface area contributed by atoms with Crippen LogP contribution in [0.1, 0.15) is 70.3 Å². The molecule has 0 unspecified atom stereocenters. The van der Waals surface area contributed by atoms with Gasteiger partial charge < -0.3 is 26.0 Å². The maximum absolute atomic E-state index is 10.8. The minimum absolute atomic E-state index is 0.130. The highest BCUT2D eigenvalue weighted by atomic mass is 16.4. The van der Waals surface area contributed by atoms with E-state index in [0.717, 1.165) is 49.7 Å². The highest BCUT2D eigenvalue weighted by molar-refractivity contribution is 5.84. The summed E-state index contributed by atoms with van der Waals surface area (Å²) in [6.45, 7) is 0.534. The molecule has 2 aromatic heterocycles. The Morgan fingerprint density at radius 1 is 1.17 bits per heavy atom. The molecule has 0 aromatic carbocycles. The lowest BCUT2D eigenvalue weighted by molar-refractivity contribution is -0.137. The molecule has 0 radical (unpaired) electrons. The van der Waals surface area contributed by atoms with Crippen molar-refractivity contribution < 1.29 is 9.90 Å². The number of fused-ring (bicyclic) bond motifs is 1. The van der Waals surface area contributed by atoms with Crippen molar-refractivity contribution in [3.05, 3.63) is 6.33 Å². The molecular weight excluding hydrogens is 370 g/mol. The van der Waals surface area contributed by atoms with E-state index in [9.17, 15) is 4.79 Å². The molecule has 5 N–H and O–H groups in total. The summed E-state index contributed by atoms with van der Waals surface area (Å²) in [6.07, 6.45) is 11.4. The second kappa shape index (κ2) is 8.94. The molecule has 4 rings (SSSR count). The Hall–Kier alpha value is -2.42. The third kappa shape index (κ3) is 4.77. The van der Waals surface area contributed by atoms with Crippen LogP contribution in [-0.2, 0) is 4.79 Å². The third-order valence-electron chi connectivity index (χ3n) is 6.10. The maximum atomic E-state index is 10.8. The topological polar surface area (TPSA) is 131 Å². The summed E-state index contributed by atoms with van der Waals surface area (Å²) >= 11 is 0. The van der Waals surface area contributed by atoms with Gasteiger partial charge in [-0.3, -0.25) is 4.79 Å². The van der Waals surface area contributed by atoms with Crippen LogP contribution in [0.3, 0.4) is 0 Å². The summed E-state index contributed by atoms with van der Waals surface area (Å²) in [5, 5.41) is 15.6. The Kier molecular flexibility index (Phi) is 6.13. The van der Waals surface area contributed by atoms with Crippen LogP contribution in [0.15, 0.2) is 6.33 Å². The molecule has 2 aliphatic carbocycles. The number of hydrogen-bond acceptors (Lipinski definition) is 7. The van der Waals surface area contributed by atoms with Gasteiger partial charge in [0.15, 0.2) is 17.0 Å². The molecule has 0 atom stereocenters. The van der Waals surface area contributed by atoms with Crippen molar-refractivity contribution in [2.75, 3.05) is 17.2 Å². The van der Waals surface area contributed by atoms with Crippen LogP contribution in [0.5, 0.6) is 0 Å². The monoisotopic (exact) mass is 401 g/mol. The van der Waals surface area contributed by atoms with E-state index < -0.39 is 5.97 Å². The second-order valence-electron chi connectivity index (χ2n) is 8.34. The Morgan fingerprint density at radius 3 is 2.66 bits per heavy atom. The lowest BCUT2D eigenvalue weighted by Gasteiger charge is -2.27. The van der Waals surface area contributed by atoms with Crippen molar-refractivity contribution in [3.8, 4) is 0 Å². The van der Waals surface area contributed by atoms with Crippen LogP contribution in [0, 0.1) is 0 Å². The molecule has 9 heteroatoms. The van der Waals surface area contributed by atoms with Gasteiger partial charge in [0.1, 0.15) is 0 Å². The van der Waals surface area contributed by atoms with E-state index in [1.807, 2.05) is 6.33 Å². The second-order valence-corrected chi connectivity index (χ2v) is 8.34. The lowest BCUT2D eigenvalue weighted by Crippen LogP contribution is -2.33. The average Bonchev–Trinajstić information content (AvgIpc) is 3.36. The molecule has 0 spiro atoms. The Balaban J connectivity index is 1.57. The largest absolute Gasteiger partial charge is 0.481 e. The fourth-order valence-corrected chi connectivity index (χ4v) is 4.45. The van der Waals surface area contributed by atoms with Gasteiger partial charge in [0.2, 0.25) is 5.95 Å². The fourth-order valence-electron chi connectivity index (χ4n) is 4.45. The lowest BCUT2D eigenvalue weighted by atomic mass is 9.92. The van der Waals surface area contributed by atoms with E-state index in [0.29, 0.717) is 42.9 Å². The summed E-state index contributed by atoms with van der Waals surface area (Å²) < 4.78 is 2.19. The number of hydrogen-bond donors (Lipinski definition) is 4. The number of nitrogens with zero attached hydrogens (tertiary/aromatic N) is 4. The van der Waals surface area contributed by atoms with E-state index >= 15 is 0 Å². The first-order valence-electron chi connectivity index (χ1n) is 10.8. The minimum Gasteiger partial charge on any atom is -0.481 e. The summed E-state index contributed by atoms with van der Waals surface area (Å²) in [5.41, 5.74) is 7.63. The highest BCUT2D eigenvalue weighted by Crippen LogP contribution is 2.33. The molecule has 0 aliphatic heterocycles. The summed E-state index contributed by atoms with van der Waals surface area (Å²) in [7, 11) is 0. The molecule has 2 aromatic rings. The van der Waals surface area contributed by atoms with Crippen molar-refractivity contribution in [1.29, 1.82) is 0 Å². The van der Waals surface area contributed by atoms with Crippen LogP contribution in [0.25, 0.3) is 11.2 Å². The fraction of sp³-hybridized carbons (Fsp3) is 0.700. The van der Waals surface area contributed by atoms with Crippen LogP contribution >= 0.6 is 0 Å². The molecule has 0 amide bonds. The van der Waals surface area contributed by atoms with Crippen molar-refractivity contribution in [1.82, 2.24) is 19.5 Å². The molecule has 2 saturated carbocycles. The van der Waals surface area contributed by atoms with Crippen LogP contribution in [-0.4, -0.2) is 49.2 Å². The van der Waals surface area contributed by atoms with Crippen LogP contribution in [0.4, 0.5) is 11.8 Å². The molecule has 9 nitrogen and oxygen atoms in total. The molecule has 158 valence electrons. The van der Waals surface area contributed by atoms with Gasteiger partial charge in [-0.25, -0.2) is 4.98 Å². The first-order chi connectivity index (χ1) is 14.1. The van der Waals surface area contributed by atoms with Gasteiger partial charge in [0, 0.05) is 31.1 Å². The number of carboxylic acid groups (broad SMARTS) is 1. The molecule has 0 saturated heterocycles. The predicted molar refractivity (Wildman–Crippen MR) is 112 cm³/mol. The highest BCUT2D eigenvalue weighted by Gasteiger charge is 2.23. The van der Waals surface area contributed by atoms with Crippen LogP contribution in [0.2, 0.25) is 0 Å². The number of aromatic nitrogens is 4. The number of imidazole rings is 1. The van der Waals surface area contributed by atoms with E-state index in [1.165, 1.54) is 12.8 Å². The minimum atomic E-state index is -0.789. The molecule has 2 heterocycles. The van der Waals surface area contributed by atoms with Crippen LogP contribution < -0.4 is 16.4 Å². The molecule has 2 fully saturated rings. The molecule has 0 bridgehead atoms. The smallest absolute Gasteiger partial charge is 0.303 e. The van der Waals surface area contributed by atoms with Gasteiger partial charge in [0.05, 0.1) is 6.33 Å². The van der Waals surface area contributed by atoms with Gasteiger partial charge in [-0.05, 0) is 44.9 Å². The zero-order valence-electron chi connectivity index (χ0n) is 16.8. The van der Waals surface area contributed by atoms with Crippen molar-refractivity contribution in [2.45, 2.75) is 82.3 Å². The van der Waals surface area contributed by atoms with Crippen molar-refractivity contribution in [3.63, 3.8) is 0 Å². The van der Waals surface area contributed by atoms with E-state index in [1.54, 1.807) is 0 Å². The SMILES string of the molecule is NC1CCC(Nc2nc(NCCCC(=O)O)c3ncn(C4CCCC4)c3n2)CC1. The summed E-state index contributed by atoms with van der Waals surface area (Å²) in [5.74, 6) is 0.494. The van der Waals surface area contributed by atoms with Gasteiger partial charge >= 0.3 is 5.97 Å². The van der Waals surface area contributed by atoms with Gasteiger partial charge in [-0.15, -0.1) is 0 Å². The summed E-state index contributed by atoms with van der Waals surface area (Å²) in [4.78, 5) is 24.9. The number of nitrogens with one attached hydrogen (secondary N) is 2. The van der Waals surface area contributed by atoms with Crippen molar-refractivity contribution >= 4 is 28.9 Å². The molecular formula is C20H31N7O2. The number of nitrogens with two attached hydrogens (primary N) is 1. The first kappa shape index (κ1) is 19.9. The quantitative estimate of drug-likeness (QED) is 0.497. The van der Waals surface area contributed by atoms with Crippen molar-refractivity contribution in [2.24, 2.45) is 5.73 Å². The van der Waals surface area contributed by atoms with Gasteiger partial charge in [-0.2, -0.15) is 9.97 Å². The van der Waals surface area contributed by atoms with E-state index in [2.05, 4.69) is 25.2 Å². The first-order valence-corrected chi connectivity index (χ1v) is 10.8. The molecule has 2 aliphatic rings. The number of carbonyl (C=O) groups is 1. The zero-order valence-corrected chi connectivity index (χ0v) is 16.8. The summed E-state index contributed by atoms with van der Waals surface area (Å²) in [6, 6.07) is 1.07. The van der Waals surface area contributed by atoms with E-state index in [-0.39, 0.29) is 6.42 Å². The number of aliphatic carboxylic acids is 1. The zero-order chi connectivity index (χ0) is 20.2. The third-order valence-corrected chi connectivity index (χ3v) is 6.10. The standard InChI is InChI=1S/C20H31N7O2/c21-13-7-9-14(10-8-13)24-20-25-18(22-11-3-6-16(28)29)17-19(26-20)27(12-23-17)15-4-1-2-5-15/h12-15H,1-11,21H2,(H,28,29)(H2,22,24,25,26). The molecule has 29 heavy (non-hydrogen) atoms. The van der Waals surface area contributed by atoms with Gasteiger partial charge in [-0.1, -0.05) is 12.8 Å². The average molecular weight is 402 g/mol. The number of carboxylic acids is 1. The van der Waals surface area contributed by atoms with Gasteiger partial charge in [0.25, 0.3) is 0 Å². The Bertz CT molecular complexity index is 839. The normalized spacial score (nSPS) is 22.8.